The molecule has 0 aliphatic carbocycles. The molecule has 0 atom stereocenters. The molecule has 0 saturated heterocycles. The van der Waals surface area contributed by atoms with Gasteiger partial charge in [0.15, 0.2) is 0 Å². The Kier molecular flexibility index (Phi) is 2.76. The number of hydrogen-bond donors (Lipinski definition) is 0. The third kappa shape index (κ3) is 2.05. The molecule has 0 bridgehead atoms. The lowest BCUT2D eigenvalue weighted by Crippen LogP contribution is -2.01. The van der Waals surface area contributed by atoms with E-state index in [-0.39, 0.29) is 0 Å². The Bertz CT molecular complexity index is 1040. The minimum absolute atomic E-state index is 0.633. The molecule has 0 amide bonds. The Hall–Kier alpha value is -2.65. The zero-order valence-corrected chi connectivity index (χ0v) is 13.1. The van der Waals surface area contributed by atoms with Crippen molar-refractivity contribution in [1.82, 2.24) is 4.98 Å². The van der Waals surface area contributed by atoms with Gasteiger partial charge in [-0.3, -0.25) is 0 Å². The molecule has 1 aliphatic heterocycles. The van der Waals surface area contributed by atoms with E-state index in [0.717, 1.165) is 27.9 Å². The maximum absolute atomic E-state index is 5.70. The molecule has 3 heteroatoms. The number of benzene rings is 2. The van der Waals surface area contributed by atoms with Crippen LogP contribution in [0.4, 0.5) is 0 Å². The molecule has 1 aliphatic rings. The highest BCUT2D eigenvalue weighted by atomic mass is 32.1. The van der Waals surface area contributed by atoms with Crippen LogP contribution in [0.15, 0.2) is 60.7 Å². The number of nitrogens with zero attached hydrogens (tertiary/aromatic N) is 1. The summed E-state index contributed by atoms with van der Waals surface area (Å²) in [6, 6.07) is 19.0. The van der Waals surface area contributed by atoms with Crippen LogP contribution in [0.5, 0.6) is 5.75 Å². The topological polar surface area (TPSA) is 22.1 Å². The molecule has 4 aromatic rings. The van der Waals surface area contributed by atoms with Gasteiger partial charge in [0.05, 0.1) is 16.1 Å². The fourth-order valence-corrected chi connectivity index (χ4v) is 4.06. The minimum atomic E-state index is 0.633. The maximum Gasteiger partial charge on any atom is 0.129 e. The summed E-state index contributed by atoms with van der Waals surface area (Å²) in [4.78, 5) is 6.13. The van der Waals surface area contributed by atoms with Crippen molar-refractivity contribution in [2.24, 2.45) is 0 Å². The van der Waals surface area contributed by atoms with Gasteiger partial charge in [0.1, 0.15) is 12.4 Å². The monoisotopic (exact) mass is 315 g/mol. The molecule has 0 fully saturated rings. The lowest BCUT2D eigenvalue weighted by Gasteiger charge is -2.14. The largest absolute Gasteiger partial charge is 0.489 e. The lowest BCUT2D eigenvalue weighted by atomic mass is 10.1. The van der Waals surface area contributed by atoms with Gasteiger partial charge in [-0.05, 0) is 47.9 Å². The van der Waals surface area contributed by atoms with Crippen LogP contribution in [0.25, 0.3) is 37.6 Å². The van der Waals surface area contributed by atoms with E-state index in [1.165, 1.54) is 15.0 Å². The van der Waals surface area contributed by atoms with E-state index in [1.54, 1.807) is 11.3 Å². The smallest absolute Gasteiger partial charge is 0.129 e. The van der Waals surface area contributed by atoms with Crippen LogP contribution < -0.4 is 4.74 Å². The first-order valence-corrected chi connectivity index (χ1v) is 8.42. The van der Waals surface area contributed by atoms with E-state index in [4.69, 9.17) is 9.72 Å². The summed E-state index contributed by atoms with van der Waals surface area (Å²) in [6.07, 6.45) is 4.15. The van der Waals surface area contributed by atoms with Crippen molar-refractivity contribution in [2.75, 3.05) is 6.61 Å². The average molecular weight is 315 g/mol. The van der Waals surface area contributed by atoms with Crippen molar-refractivity contribution in [3.8, 4) is 16.3 Å². The number of rotatable bonds is 1. The summed E-state index contributed by atoms with van der Waals surface area (Å²) < 4.78 is 7.00. The average Bonchev–Trinajstić information content (AvgIpc) is 3.05. The summed E-state index contributed by atoms with van der Waals surface area (Å²) in [5.74, 6) is 0.918. The summed E-state index contributed by atoms with van der Waals surface area (Å²) in [5, 5.41) is 2.41. The predicted octanol–water partition coefficient (Wildman–Crippen LogP) is 5.52. The third-order valence-corrected chi connectivity index (χ3v) is 5.30. The van der Waals surface area contributed by atoms with Gasteiger partial charge in [-0.15, -0.1) is 11.3 Å². The quantitative estimate of drug-likeness (QED) is 0.461. The van der Waals surface area contributed by atoms with Gasteiger partial charge in [0, 0.05) is 15.6 Å². The van der Waals surface area contributed by atoms with Gasteiger partial charge in [0.2, 0.25) is 0 Å². The van der Waals surface area contributed by atoms with Gasteiger partial charge in [-0.1, -0.05) is 24.3 Å². The van der Waals surface area contributed by atoms with Gasteiger partial charge in [-0.2, -0.15) is 0 Å². The number of fused-ring (bicyclic) bond motifs is 4. The molecule has 0 spiro atoms. The first-order chi connectivity index (χ1) is 11.4. The standard InChI is InChI=1S/C20H13NOS/c1-2-6-18-14(4-1)12-19(23-18)16-9-7-13-8-10-17-15(20(13)21-16)5-3-11-22-17/h1-10,12H,11H2. The highest BCUT2D eigenvalue weighted by Crippen LogP contribution is 2.35. The van der Waals surface area contributed by atoms with Crippen LogP contribution in [0, 0.1) is 0 Å². The van der Waals surface area contributed by atoms with Gasteiger partial charge in [-0.25, -0.2) is 4.98 Å². The van der Waals surface area contributed by atoms with E-state index in [1.807, 2.05) is 12.1 Å². The highest BCUT2D eigenvalue weighted by molar-refractivity contribution is 7.22. The lowest BCUT2D eigenvalue weighted by molar-refractivity contribution is 0.359. The van der Waals surface area contributed by atoms with Crippen molar-refractivity contribution < 1.29 is 4.74 Å². The minimum Gasteiger partial charge on any atom is -0.489 e. The molecule has 0 N–H and O–H groups in total. The van der Waals surface area contributed by atoms with Crippen LogP contribution in [0.2, 0.25) is 0 Å². The molecule has 0 saturated carbocycles. The molecule has 0 radical (unpaired) electrons. The normalized spacial score (nSPS) is 13.2. The van der Waals surface area contributed by atoms with Crippen LogP contribution >= 0.6 is 11.3 Å². The summed E-state index contributed by atoms with van der Waals surface area (Å²) in [7, 11) is 0. The predicted molar refractivity (Wildman–Crippen MR) is 97.1 cm³/mol. The molecule has 2 nitrogen and oxygen atoms in total. The summed E-state index contributed by atoms with van der Waals surface area (Å²) in [5.41, 5.74) is 3.11. The Morgan fingerprint density at radius 2 is 1.87 bits per heavy atom. The third-order valence-electron chi connectivity index (χ3n) is 4.16. The van der Waals surface area contributed by atoms with Crippen LogP contribution in [-0.4, -0.2) is 11.6 Å². The van der Waals surface area contributed by atoms with Crippen LogP contribution in [0.1, 0.15) is 5.56 Å². The second-order valence-electron chi connectivity index (χ2n) is 5.61. The highest BCUT2D eigenvalue weighted by Gasteiger charge is 2.12. The van der Waals surface area contributed by atoms with Crippen LogP contribution in [-0.2, 0) is 0 Å². The zero-order chi connectivity index (χ0) is 15.2. The second kappa shape index (κ2) is 4.93. The van der Waals surface area contributed by atoms with Gasteiger partial charge >= 0.3 is 0 Å². The van der Waals surface area contributed by atoms with Gasteiger partial charge < -0.3 is 4.74 Å². The number of ether oxygens (including phenoxy) is 1. The number of thiophene rings is 1. The Morgan fingerprint density at radius 3 is 2.83 bits per heavy atom. The molecule has 110 valence electrons. The Balaban J connectivity index is 1.74. The van der Waals surface area contributed by atoms with Crippen molar-refractivity contribution in [1.29, 1.82) is 0 Å². The molecule has 0 unspecified atom stereocenters. The Morgan fingerprint density at radius 1 is 0.957 bits per heavy atom. The molecular formula is C20H13NOS. The molecule has 2 aromatic heterocycles. The molecule has 5 rings (SSSR count). The van der Waals surface area contributed by atoms with Crippen molar-refractivity contribution >= 4 is 38.4 Å². The van der Waals surface area contributed by atoms with Crippen molar-refractivity contribution in [3.05, 3.63) is 66.2 Å². The van der Waals surface area contributed by atoms with E-state index in [9.17, 15) is 0 Å². The van der Waals surface area contributed by atoms with Crippen molar-refractivity contribution in [2.45, 2.75) is 0 Å². The SMILES string of the molecule is C1=Cc2c(ccc3ccc(-c4cc5ccccc5s4)nc23)OC1. The molecule has 23 heavy (non-hydrogen) atoms. The second-order valence-corrected chi connectivity index (χ2v) is 6.69. The first kappa shape index (κ1) is 12.9. The summed E-state index contributed by atoms with van der Waals surface area (Å²) >= 11 is 1.78. The van der Waals surface area contributed by atoms with Crippen molar-refractivity contribution in [3.63, 3.8) is 0 Å². The molecular weight excluding hydrogens is 302 g/mol. The van der Waals surface area contributed by atoms with E-state index < -0.39 is 0 Å². The molecule has 2 aromatic carbocycles. The van der Waals surface area contributed by atoms with Gasteiger partial charge in [0.25, 0.3) is 0 Å². The first-order valence-electron chi connectivity index (χ1n) is 7.60. The van der Waals surface area contributed by atoms with E-state index in [2.05, 4.69) is 54.6 Å². The zero-order valence-electron chi connectivity index (χ0n) is 12.3. The maximum atomic E-state index is 5.70. The number of hydrogen-bond acceptors (Lipinski definition) is 3. The Labute approximate surface area is 137 Å². The van der Waals surface area contributed by atoms with Crippen LogP contribution in [0.3, 0.4) is 0 Å². The fourth-order valence-electron chi connectivity index (χ4n) is 3.03. The fraction of sp³-hybridized carbons (Fsp3) is 0.0500. The van der Waals surface area contributed by atoms with E-state index >= 15 is 0 Å². The summed E-state index contributed by atoms with van der Waals surface area (Å²) in [6.45, 7) is 0.633. The van der Waals surface area contributed by atoms with E-state index in [0.29, 0.717) is 6.61 Å². The number of aromatic nitrogens is 1. The number of pyridine rings is 1. The molecule has 3 heterocycles.